The number of nitrogens with one attached hydrogen (secondary N) is 1. The Kier molecular flexibility index (Phi) is 52.0. The zero-order chi connectivity index (χ0) is 54.3. The van der Waals surface area contributed by atoms with Crippen LogP contribution in [0.3, 0.4) is 0 Å². The molecule has 2 N–H and O–H groups in total. The largest absolute Gasteiger partial charge is 0.472 e. The van der Waals surface area contributed by atoms with Crippen molar-refractivity contribution in [2.45, 2.75) is 283 Å². The van der Waals surface area contributed by atoms with Gasteiger partial charge in [0.2, 0.25) is 5.91 Å². The van der Waals surface area contributed by atoms with Gasteiger partial charge in [-0.25, -0.2) is 4.57 Å². The highest BCUT2D eigenvalue weighted by atomic mass is 31.2. The molecule has 0 aromatic rings. The molecular weight excluding hydrogens is 940 g/mol. The summed E-state index contributed by atoms with van der Waals surface area (Å²) in [6, 6.07) is -0.862. The molecule has 0 aromatic heterocycles. The predicted octanol–water partition coefficient (Wildman–Crippen LogP) is 18.8. The first-order valence-electron chi connectivity index (χ1n) is 30.8. The summed E-state index contributed by atoms with van der Waals surface area (Å²) in [7, 11) is 1.48. The SMILES string of the molecule is CC/C=C\C/C=C\C/C=C\C/C=C\C/C=C\CCCCCC(=O)OC(/C=C/CCCCCCCCCCCC)C(COP(=O)(O)OCC[N+](C)(C)C)NC(=O)CCCCCCCCCCCCCCCCCCC. The van der Waals surface area contributed by atoms with Crippen molar-refractivity contribution in [3.63, 3.8) is 0 Å². The monoisotopic (exact) mass is 1060 g/mol. The fraction of sp³-hybridized carbons (Fsp3) is 0.781. The number of quaternary nitrogens is 1. The third-order valence-electron chi connectivity index (χ3n) is 13.4. The van der Waals surface area contributed by atoms with Crippen molar-refractivity contribution in [2.24, 2.45) is 0 Å². The van der Waals surface area contributed by atoms with Crippen LogP contribution in [0, 0.1) is 0 Å². The highest BCUT2D eigenvalue weighted by Crippen LogP contribution is 2.43. The molecule has 0 heterocycles. The zero-order valence-electron chi connectivity index (χ0n) is 49.1. The number of esters is 1. The van der Waals surface area contributed by atoms with Crippen LogP contribution < -0.4 is 5.32 Å². The van der Waals surface area contributed by atoms with Gasteiger partial charge in [0.25, 0.3) is 0 Å². The Labute approximate surface area is 457 Å². The summed E-state index contributed by atoms with van der Waals surface area (Å²) in [5, 5.41) is 3.05. The van der Waals surface area contributed by atoms with Gasteiger partial charge in [-0.1, -0.05) is 255 Å². The molecule has 3 unspecified atom stereocenters. The van der Waals surface area contributed by atoms with E-state index in [2.05, 4.69) is 86.8 Å². The Balaban J connectivity index is 5.33. The van der Waals surface area contributed by atoms with Crippen molar-refractivity contribution in [1.82, 2.24) is 5.32 Å². The Morgan fingerprint density at radius 3 is 1.31 bits per heavy atom. The van der Waals surface area contributed by atoms with Gasteiger partial charge in [-0.15, -0.1) is 0 Å². The normalized spacial score (nSPS) is 14.2. The smallest absolute Gasteiger partial charge is 0.456 e. The Hall–Kier alpha value is -2.55. The average molecular weight is 1060 g/mol. The molecule has 0 aromatic carbocycles. The number of carbonyl (C=O) groups is 2. The van der Waals surface area contributed by atoms with Crippen LogP contribution in [-0.4, -0.2) is 74.3 Å². The molecule has 0 saturated heterocycles. The molecule has 10 heteroatoms. The fourth-order valence-corrected chi connectivity index (χ4v) is 9.41. The minimum Gasteiger partial charge on any atom is -0.456 e. The van der Waals surface area contributed by atoms with Crippen LogP contribution in [0.2, 0.25) is 0 Å². The van der Waals surface area contributed by atoms with Gasteiger partial charge in [0.1, 0.15) is 19.3 Å². The molecule has 0 aliphatic rings. The third-order valence-corrected chi connectivity index (χ3v) is 14.4. The molecule has 74 heavy (non-hydrogen) atoms. The maximum atomic E-state index is 13.5. The molecule has 0 aliphatic heterocycles. The maximum Gasteiger partial charge on any atom is 0.472 e. The van der Waals surface area contributed by atoms with E-state index in [4.69, 9.17) is 13.8 Å². The first-order valence-corrected chi connectivity index (χ1v) is 32.3. The Bertz CT molecular complexity index is 1500. The van der Waals surface area contributed by atoms with Gasteiger partial charge >= 0.3 is 13.8 Å². The van der Waals surface area contributed by atoms with Crippen molar-refractivity contribution in [2.75, 3.05) is 40.9 Å². The van der Waals surface area contributed by atoms with E-state index in [9.17, 15) is 19.0 Å². The highest BCUT2D eigenvalue weighted by molar-refractivity contribution is 7.47. The molecule has 0 fully saturated rings. The number of hydrogen-bond acceptors (Lipinski definition) is 6. The van der Waals surface area contributed by atoms with Gasteiger partial charge in [0.05, 0.1) is 33.8 Å². The number of rotatable bonds is 55. The summed E-state index contributed by atoms with van der Waals surface area (Å²) in [6.07, 6.45) is 68.9. The van der Waals surface area contributed by atoms with Gasteiger partial charge in [0, 0.05) is 12.8 Å². The second kappa shape index (κ2) is 53.8. The fourth-order valence-electron chi connectivity index (χ4n) is 8.67. The first kappa shape index (κ1) is 71.5. The Morgan fingerprint density at radius 1 is 0.486 bits per heavy atom. The van der Waals surface area contributed by atoms with E-state index >= 15 is 0 Å². The van der Waals surface area contributed by atoms with E-state index in [0.29, 0.717) is 23.9 Å². The predicted molar refractivity (Wildman–Crippen MR) is 318 cm³/mol. The number of amides is 1. The van der Waals surface area contributed by atoms with E-state index in [-0.39, 0.29) is 31.5 Å². The molecule has 0 saturated carbocycles. The van der Waals surface area contributed by atoms with Crippen molar-refractivity contribution >= 4 is 19.7 Å². The van der Waals surface area contributed by atoms with Crippen LogP contribution in [0.4, 0.5) is 0 Å². The standard InChI is InChI=1S/C64H117N2O7P/c1-7-10-13-16-19-22-25-28-30-32-33-35-37-39-42-45-48-51-54-57-64(68)73-62(55-52-49-46-43-40-27-24-21-18-15-12-9-3)61(60-72-74(69,70)71-59-58-66(4,5)6)65-63(67)56-53-50-47-44-41-38-36-34-31-29-26-23-20-17-14-11-8-2/h10,13,19,22,28,30,33,35,39,42,52,55,61-62H,7-9,11-12,14-18,20-21,23-27,29,31-32,34,36-38,40-41,43-51,53-54,56-60H2,1-6H3,(H-,65,67,69,70)/p+1/b13-10-,22-19-,30-28-,35-33-,42-39-,55-52+. The number of hydrogen-bond donors (Lipinski definition) is 2. The second-order valence-corrected chi connectivity index (χ2v) is 23.3. The third kappa shape index (κ3) is 54.2. The minimum absolute atomic E-state index is 0.0336. The van der Waals surface area contributed by atoms with E-state index in [1.165, 1.54) is 141 Å². The lowest BCUT2D eigenvalue weighted by molar-refractivity contribution is -0.870. The molecule has 0 bridgehead atoms. The van der Waals surface area contributed by atoms with Gasteiger partial charge in [-0.2, -0.15) is 0 Å². The maximum absolute atomic E-state index is 13.5. The second-order valence-electron chi connectivity index (χ2n) is 21.9. The molecule has 9 nitrogen and oxygen atoms in total. The number of carbonyl (C=O) groups excluding carboxylic acids is 2. The number of nitrogens with zero attached hydrogens (tertiary/aromatic N) is 1. The van der Waals surface area contributed by atoms with E-state index in [0.717, 1.165) is 89.9 Å². The lowest BCUT2D eigenvalue weighted by atomic mass is 10.0. The molecule has 0 radical (unpaired) electrons. The lowest BCUT2D eigenvalue weighted by Gasteiger charge is -2.27. The van der Waals surface area contributed by atoms with Crippen molar-refractivity contribution in [3.8, 4) is 0 Å². The van der Waals surface area contributed by atoms with Gasteiger partial charge < -0.3 is 19.4 Å². The van der Waals surface area contributed by atoms with Crippen LogP contribution in [0.5, 0.6) is 0 Å². The summed E-state index contributed by atoms with van der Waals surface area (Å²) in [4.78, 5) is 37.7. The number of allylic oxidation sites excluding steroid dienone is 11. The Morgan fingerprint density at radius 2 is 0.865 bits per heavy atom. The van der Waals surface area contributed by atoms with Crippen LogP contribution in [0.25, 0.3) is 0 Å². The van der Waals surface area contributed by atoms with Crippen LogP contribution >= 0.6 is 7.82 Å². The molecule has 0 rings (SSSR count). The molecule has 1 amide bonds. The van der Waals surface area contributed by atoms with Gasteiger partial charge in [-0.3, -0.25) is 18.6 Å². The summed E-state index contributed by atoms with van der Waals surface area (Å²) in [5.41, 5.74) is 0. The first-order chi connectivity index (χ1) is 35.9. The average Bonchev–Trinajstić information content (AvgIpc) is 3.36. The molecule has 430 valence electrons. The van der Waals surface area contributed by atoms with Crippen LogP contribution in [-0.2, 0) is 27.9 Å². The quantitative estimate of drug-likeness (QED) is 0.0205. The van der Waals surface area contributed by atoms with Crippen LogP contribution in [0.15, 0.2) is 72.9 Å². The van der Waals surface area contributed by atoms with Crippen molar-refractivity contribution < 1.29 is 37.3 Å². The van der Waals surface area contributed by atoms with E-state index < -0.39 is 20.0 Å². The van der Waals surface area contributed by atoms with E-state index in [1.807, 2.05) is 33.3 Å². The minimum atomic E-state index is -4.46. The summed E-state index contributed by atoms with van der Waals surface area (Å²) in [6.45, 7) is 6.89. The van der Waals surface area contributed by atoms with Crippen molar-refractivity contribution in [3.05, 3.63) is 72.9 Å². The topological polar surface area (TPSA) is 111 Å². The summed E-state index contributed by atoms with van der Waals surface area (Å²) in [5.74, 6) is -0.537. The van der Waals surface area contributed by atoms with Crippen molar-refractivity contribution in [1.29, 1.82) is 0 Å². The molecule has 0 aliphatic carbocycles. The summed E-state index contributed by atoms with van der Waals surface area (Å²) >= 11 is 0. The summed E-state index contributed by atoms with van der Waals surface area (Å²) < 4.78 is 30.7. The van der Waals surface area contributed by atoms with Crippen LogP contribution in [0.1, 0.15) is 271 Å². The molecular formula is C64H118N2O7P+. The number of likely N-dealkylation sites (N-methyl/N-ethyl adjacent to an activating group) is 1. The number of phosphoric acid groups is 1. The zero-order valence-corrected chi connectivity index (χ0v) is 50.0. The number of ether oxygens (including phenoxy) is 1. The molecule has 0 spiro atoms. The van der Waals surface area contributed by atoms with E-state index in [1.54, 1.807) is 0 Å². The lowest BCUT2D eigenvalue weighted by Crippen LogP contribution is -2.47. The highest BCUT2D eigenvalue weighted by Gasteiger charge is 2.30. The van der Waals surface area contributed by atoms with Gasteiger partial charge in [0.15, 0.2) is 0 Å². The molecule has 3 atom stereocenters. The van der Waals surface area contributed by atoms with Gasteiger partial charge in [-0.05, 0) is 76.7 Å². The number of phosphoric ester groups is 1. The number of unbranched alkanes of at least 4 members (excludes halogenated alkanes) is 29.